The van der Waals surface area contributed by atoms with Crippen molar-refractivity contribution in [3.63, 3.8) is 0 Å². The van der Waals surface area contributed by atoms with Crippen LogP contribution < -0.4 is 5.32 Å². The van der Waals surface area contributed by atoms with Crippen molar-refractivity contribution in [2.45, 2.75) is 38.3 Å². The van der Waals surface area contributed by atoms with E-state index in [0.29, 0.717) is 24.8 Å². The number of nitrogens with zero attached hydrogens (tertiary/aromatic N) is 3. The maximum absolute atomic E-state index is 12.4. The van der Waals surface area contributed by atoms with Gasteiger partial charge in [-0.25, -0.2) is 0 Å². The Bertz CT molecular complexity index is 735. The van der Waals surface area contributed by atoms with E-state index in [1.807, 2.05) is 30.3 Å². The van der Waals surface area contributed by atoms with E-state index in [-0.39, 0.29) is 17.9 Å². The first-order valence-electron chi connectivity index (χ1n) is 9.77. The Morgan fingerprint density at radius 3 is 2.74 bits per heavy atom. The number of carbonyl (C=O) groups is 1. The molecule has 144 valence electrons. The van der Waals surface area contributed by atoms with Crippen LogP contribution in [0.5, 0.6) is 0 Å². The quantitative estimate of drug-likeness (QED) is 0.840. The first kappa shape index (κ1) is 18.1. The number of rotatable bonds is 6. The first-order valence-corrected chi connectivity index (χ1v) is 9.77. The Hall–Kier alpha value is -2.25. The van der Waals surface area contributed by atoms with E-state index in [1.165, 1.54) is 0 Å². The number of ether oxygens (including phenoxy) is 1. The minimum Gasteiger partial charge on any atom is -0.376 e. The highest BCUT2D eigenvalue weighted by atomic mass is 16.5. The minimum atomic E-state index is 0.0882. The van der Waals surface area contributed by atoms with Crippen LogP contribution in [-0.2, 0) is 16.1 Å². The zero-order chi connectivity index (χ0) is 18.5. The molecule has 0 aliphatic carbocycles. The van der Waals surface area contributed by atoms with Gasteiger partial charge in [-0.3, -0.25) is 9.69 Å². The molecule has 4 rings (SSSR count). The third kappa shape index (κ3) is 4.73. The van der Waals surface area contributed by atoms with Crippen molar-refractivity contribution in [3.8, 4) is 11.4 Å². The molecule has 3 heterocycles. The summed E-state index contributed by atoms with van der Waals surface area (Å²) in [7, 11) is 0. The molecule has 27 heavy (non-hydrogen) atoms. The van der Waals surface area contributed by atoms with Crippen LogP contribution in [0.4, 0.5) is 0 Å². The molecule has 0 bridgehead atoms. The summed E-state index contributed by atoms with van der Waals surface area (Å²) in [6.07, 6.45) is 4.06. The molecule has 1 aromatic heterocycles. The molecular formula is C20H26N4O3. The molecule has 2 aliphatic rings. The van der Waals surface area contributed by atoms with Gasteiger partial charge in [-0.2, -0.15) is 4.98 Å². The summed E-state index contributed by atoms with van der Waals surface area (Å²) in [6.45, 7) is 3.82. The topological polar surface area (TPSA) is 80.5 Å². The lowest BCUT2D eigenvalue weighted by Gasteiger charge is -2.30. The van der Waals surface area contributed by atoms with Gasteiger partial charge in [-0.15, -0.1) is 0 Å². The standard InChI is InChI=1S/C20H26N4O3/c25-20(21-13-17-7-4-12-26-17)16-8-10-24(11-9-16)14-18-22-19(23-27-18)15-5-2-1-3-6-15/h1-3,5-6,16-17H,4,7-14H2,(H,21,25)/t17-/m1/s1. The number of likely N-dealkylation sites (tertiary alicyclic amines) is 1. The molecule has 0 unspecified atom stereocenters. The lowest BCUT2D eigenvalue weighted by molar-refractivity contribution is -0.127. The minimum absolute atomic E-state index is 0.0882. The van der Waals surface area contributed by atoms with Crippen molar-refractivity contribution in [2.24, 2.45) is 5.92 Å². The Morgan fingerprint density at radius 2 is 2.00 bits per heavy atom. The van der Waals surface area contributed by atoms with Crippen LogP contribution in [0.15, 0.2) is 34.9 Å². The smallest absolute Gasteiger partial charge is 0.241 e. The summed E-state index contributed by atoms with van der Waals surface area (Å²) in [5.74, 6) is 1.49. The first-order chi connectivity index (χ1) is 13.3. The summed E-state index contributed by atoms with van der Waals surface area (Å²) in [6, 6.07) is 9.82. The molecule has 0 spiro atoms. The highest BCUT2D eigenvalue weighted by Gasteiger charge is 2.27. The van der Waals surface area contributed by atoms with Gasteiger partial charge in [0.15, 0.2) is 0 Å². The summed E-state index contributed by atoms with van der Waals surface area (Å²) < 4.78 is 11.0. The van der Waals surface area contributed by atoms with E-state index in [4.69, 9.17) is 9.26 Å². The predicted molar refractivity (Wildman–Crippen MR) is 99.7 cm³/mol. The molecule has 1 atom stereocenters. The molecular weight excluding hydrogens is 344 g/mol. The molecule has 1 aromatic carbocycles. The van der Waals surface area contributed by atoms with E-state index in [0.717, 1.165) is 50.9 Å². The molecule has 2 aromatic rings. The molecule has 0 saturated carbocycles. The maximum atomic E-state index is 12.4. The summed E-state index contributed by atoms with van der Waals surface area (Å²) >= 11 is 0. The van der Waals surface area contributed by atoms with Gasteiger partial charge in [0.2, 0.25) is 17.6 Å². The van der Waals surface area contributed by atoms with E-state index >= 15 is 0 Å². The van der Waals surface area contributed by atoms with Crippen molar-refractivity contribution in [1.82, 2.24) is 20.4 Å². The molecule has 1 amide bonds. The fraction of sp³-hybridized carbons (Fsp3) is 0.550. The van der Waals surface area contributed by atoms with Crippen molar-refractivity contribution in [2.75, 3.05) is 26.2 Å². The van der Waals surface area contributed by atoms with E-state index < -0.39 is 0 Å². The van der Waals surface area contributed by atoms with Crippen molar-refractivity contribution in [3.05, 3.63) is 36.2 Å². The highest BCUT2D eigenvalue weighted by molar-refractivity contribution is 5.78. The van der Waals surface area contributed by atoms with Crippen LogP contribution in [0.3, 0.4) is 0 Å². The molecule has 7 heteroatoms. The Kier molecular flexibility index (Phi) is 5.79. The van der Waals surface area contributed by atoms with Crippen LogP contribution >= 0.6 is 0 Å². The van der Waals surface area contributed by atoms with Crippen molar-refractivity contribution >= 4 is 5.91 Å². The number of hydrogen-bond donors (Lipinski definition) is 1. The lowest BCUT2D eigenvalue weighted by Crippen LogP contribution is -2.42. The normalized spacial score (nSPS) is 21.4. The monoisotopic (exact) mass is 370 g/mol. The van der Waals surface area contributed by atoms with Crippen LogP contribution in [0, 0.1) is 5.92 Å². The maximum Gasteiger partial charge on any atom is 0.241 e. The summed E-state index contributed by atoms with van der Waals surface area (Å²) in [5.41, 5.74) is 0.953. The van der Waals surface area contributed by atoms with Gasteiger partial charge in [0.1, 0.15) is 0 Å². The van der Waals surface area contributed by atoms with Crippen LogP contribution in [0.2, 0.25) is 0 Å². The van der Waals surface area contributed by atoms with Crippen molar-refractivity contribution < 1.29 is 14.1 Å². The van der Waals surface area contributed by atoms with Gasteiger partial charge in [-0.1, -0.05) is 35.5 Å². The number of benzene rings is 1. The van der Waals surface area contributed by atoms with Crippen molar-refractivity contribution in [1.29, 1.82) is 0 Å². The average Bonchev–Trinajstić information content (AvgIpc) is 3.39. The molecule has 2 saturated heterocycles. The largest absolute Gasteiger partial charge is 0.376 e. The van der Waals surface area contributed by atoms with Crippen LogP contribution in [0.1, 0.15) is 31.6 Å². The SMILES string of the molecule is O=C(NC[C@H]1CCCO1)C1CCN(Cc2nc(-c3ccccc3)no2)CC1. The number of hydrogen-bond acceptors (Lipinski definition) is 6. The fourth-order valence-corrected chi connectivity index (χ4v) is 3.73. The number of nitrogens with one attached hydrogen (secondary N) is 1. The van der Waals surface area contributed by atoms with Crippen LogP contribution in [-0.4, -0.2) is 53.3 Å². The Labute approximate surface area is 159 Å². The second kappa shape index (κ2) is 8.63. The van der Waals surface area contributed by atoms with E-state index in [1.54, 1.807) is 0 Å². The molecule has 2 aliphatic heterocycles. The van der Waals surface area contributed by atoms with Gasteiger partial charge < -0.3 is 14.6 Å². The zero-order valence-electron chi connectivity index (χ0n) is 15.5. The molecule has 0 radical (unpaired) electrons. The van der Waals surface area contributed by atoms with Gasteiger partial charge in [0.25, 0.3) is 0 Å². The summed E-state index contributed by atoms with van der Waals surface area (Å²) in [5, 5.41) is 7.13. The average molecular weight is 370 g/mol. The molecule has 1 N–H and O–H groups in total. The van der Waals surface area contributed by atoms with E-state index in [2.05, 4.69) is 20.4 Å². The highest BCUT2D eigenvalue weighted by Crippen LogP contribution is 2.21. The molecule has 7 nitrogen and oxygen atoms in total. The summed E-state index contributed by atoms with van der Waals surface area (Å²) in [4.78, 5) is 19.1. The van der Waals surface area contributed by atoms with Gasteiger partial charge in [0, 0.05) is 24.6 Å². The van der Waals surface area contributed by atoms with E-state index in [9.17, 15) is 4.79 Å². The molecule has 2 fully saturated rings. The number of piperidine rings is 1. The zero-order valence-corrected chi connectivity index (χ0v) is 15.5. The number of aromatic nitrogens is 2. The third-order valence-electron chi connectivity index (χ3n) is 5.35. The lowest BCUT2D eigenvalue weighted by atomic mass is 9.96. The Balaban J connectivity index is 1.22. The number of carbonyl (C=O) groups excluding carboxylic acids is 1. The fourth-order valence-electron chi connectivity index (χ4n) is 3.73. The Morgan fingerprint density at radius 1 is 1.19 bits per heavy atom. The third-order valence-corrected chi connectivity index (χ3v) is 5.35. The second-order valence-electron chi connectivity index (χ2n) is 7.31. The predicted octanol–water partition coefficient (Wildman–Crippen LogP) is 2.24. The van der Waals surface area contributed by atoms with Gasteiger partial charge in [0.05, 0.1) is 12.6 Å². The van der Waals surface area contributed by atoms with Gasteiger partial charge in [-0.05, 0) is 38.8 Å². The van der Waals surface area contributed by atoms with Crippen LogP contribution in [0.25, 0.3) is 11.4 Å². The van der Waals surface area contributed by atoms with Gasteiger partial charge >= 0.3 is 0 Å². The number of amides is 1. The second-order valence-corrected chi connectivity index (χ2v) is 7.31.